The molecule has 0 saturated heterocycles. The van der Waals surface area contributed by atoms with E-state index in [2.05, 4.69) is 0 Å². The molecule has 0 spiro atoms. The highest BCUT2D eigenvalue weighted by Crippen LogP contribution is 2.43. The molecule has 0 aliphatic rings. The fourth-order valence-corrected chi connectivity index (χ4v) is 6.21. The third kappa shape index (κ3) is 4.93. The Labute approximate surface area is 217 Å². The second kappa shape index (κ2) is 10.4. The van der Waals surface area contributed by atoms with Crippen LogP contribution in [0.15, 0.2) is 121 Å². The van der Waals surface area contributed by atoms with Crippen molar-refractivity contribution < 1.29 is 8.42 Å². The van der Waals surface area contributed by atoms with Crippen molar-refractivity contribution in [3.8, 4) is 0 Å². The lowest BCUT2D eigenvalue weighted by Gasteiger charge is -2.37. The molecule has 0 aromatic heterocycles. The quantitative estimate of drug-likeness (QED) is 0.255. The molecule has 37 heavy (non-hydrogen) atoms. The summed E-state index contributed by atoms with van der Waals surface area (Å²) in [5.41, 5.74) is 28.7. The smallest absolute Gasteiger partial charge is 0.203 e. The van der Waals surface area contributed by atoms with E-state index in [1.54, 1.807) is 60.7 Å². The fraction of sp³-hybridized carbons (Fsp3) is 0.0667. The fourth-order valence-electron chi connectivity index (χ4n) is 4.20. The topological polar surface area (TPSA) is 138 Å². The number of hydrogen-bond acceptors (Lipinski definition) is 6. The lowest BCUT2D eigenvalue weighted by Crippen LogP contribution is -2.56. The SMILES string of the molecule is Nc1ccccc1C(N)(C=Cc1ccccc1)S(=O)(=O)C(N)(C=Cc1ccccc1)c1ccccc1N. The van der Waals surface area contributed by atoms with Gasteiger partial charge in [0.05, 0.1) is 0 Å². The van der Waals surface area contributed by atoms with Crippen molar-refractivity contribution in [3.05, 3.63) is 144 Å². The molecule has 0 aliphatic carbocycles. The van der Waals surface area contributed by atoms with E-state index in [4.69, 9.17) is 22.9 Å². The van der Waals surface area contributed by atoms with Crippen molar-refractivity contribution in [3.63, 3.8) is 0 Å². The van der Waals surface area contributed by atoms with Gasteiger partial charge in [-0.25, -0.2) is 8.42 Å². The van der Waals surface area contributed by atoms with E-state index in [1.165, 1.54) is 12.2 Å². The van der Waals surface area contributed by atoms with Gasteiger partial charge in [0, 0.05) is 22.5 Å². The molecule has 0 heterocycles. The molecule has 6 nitrogen and oxygen atoms in total. The molecule has 2 unspecified atom stereocenters. The molecule has 0 bridgehead atoms. The Hall–Kier alpha value is -4.17. The van der Waals surface area contributed by atoms with Crippen LogP contribution in [0.25, 0.3) is 12.2 Å². The second-order valence-electron chi connectivity index (χ2n) is 8.75. The minimum Gasteiger partial charge on any atom is -0.398 e. The molecule has 4 aromatic carbocycles. The second-order valence-corrected chi connectivity index (χ2v) is 11.1. The first-order chi connectivity index (χ1) is 17.7. The van der Waals surface area contributed by atoms with Gasteiger partial charge < -0.3 is 22.9 Å². The van der Waals surface area contributed by atoms with Crippen LogP contribution in [0.5, 0.6) is 0 Å². The van der Waals surface area contributed by atoms with Crippen LogP contribution in [0.2, 0.25) is 0 Å². The molecule has 2 atom stereocenters. The van der Waals surface area contributed by atoms with E-state index >= 15 is 0 Å². The molecule has 8 N–H and O–H groups in total. The van der Waals surface area contributed by atoms with Crippen LogP contribution < -0.4 is 22.9 Å². The highest BCUT2D eigenvalue weighted by molar-refractivity contribution is 7.93. The van der Waals surface area contributed by atoms with Crippen molar-refractivity contribution in [2.24, 2.45) is 11.5 Å². The Balaban J connectivity index is 1.99. The van der Waals surface area contributed by atoms with Crippen molar-refractivity contribution in [2.45, 2.75) is 9.74 Å². The Morgan fingerprint density at radius 3 is 1.19 bits per heavy atom. The zero-order valence-corrected chi connectivity index (χ0v) is 21.1. The Morgan fingerprint density at radius 2 is 0.838 bits per heavy atom. The first kappa shape index (κ1) is 25.9. The molecule has 0 amide bonds. The number of rotatable bonds is 8. The zero-order chi connectivity index (χ0) is 26.5. The van der Waals surface area contributed by atoms with Crippen molar-refractivity contribution >= 4 is 33.4 Å². The summed E-state index contributed by atoms with van der Waals surface area (Å²) in [7, 11) is -4.53. The molecule has 0 radical (unpaired) electrons. The van der Waals surface area contributed by atoms with Gasteiger partial charge in [-0.05, 0) is 35.4 Å². The number of benzene rings is 4. The number of hydrogen-bond donors (Lipinski definition) is 4. The van der Waals surface area contributed by atoms with E-state index in [0.29, 0.717) is 0 Å². The summed E-state index contributed by atoms with van der Waals surface area (Å²) in [4.78, 5) is -4.21. The third-order valence-electron chi connectivity index (χ3n) is 6.30. The molecular formula is C30H30N4O2S. The van der Waals surface area contributed by atoms with Crippen LogP contribution in [0.3, 0.4) is 0 Å². The van der Waals surface area contributed by atoms with E-state index in [1.807, 2.05) is 60.7 Å². The third-order valence-corrected chi connectivity index (χ3v) is 8.79. The minimum absolute atomic E-state index is 0.208. The molecule has 188 valence electrons. The predicted octanol–water partition coefficient (Wildman–Crippen LogP) is 4.62. The lowest BCUT2D eigenvalue weighted by molar-refractivity contribution is 0.530. The van der Waals surface area contributed by atoms with Crippen molar-refractivity contribution in [1.29, 1.82) is 0 Å². The highest BCUT2D eigenvalue weighted by atomic mass is 32.2. The first-order valence-corrected chi connectivity index (χ1v) is 13.2. The number of para-hydroxylation sites is 2. The summed E-state index contributed by atoms with van der Waals surface area (Å²) in [5, 5.41) is 0. The van der Waals surface area contributed by atoms with E-state index < -0.39 is 19.6 Å². The average Bonchev–Trinajstić information content (AvgIpc) is 2.92. The van der Waals surface area contributed by atoms with Crippen LogP contribution in [0, 0.1) is 0 Å². The zero-order valence-electron chi connectivity index (χ0n) is 20.2. The summed E-state index contributed by atoms with van der Waals surface area (Å²) in [5.74, 6) is 0. The normalized spacial score (nSPS) is 15.4. The van der Waals surface area contributed by atoms with Gasteiger partial charge in [0.25, 0.3) is 0 Å². The predicted molar refractivity (Wildman–Crippen MR) is 153 cm³/mol. The Morgan fingerprint density at radius 1 is 0.514 bits per heavy atom. The van der Waals surface area contributed by atoms with Crippen LogP contribution in [0.1, 0.15) is 22.3 Å². The van der Waals surface area contributed by atoms with Crippen molar-refractivity contribution in [2.75, 3.05) is 11.5 Å². The maximum atomic E-state index is 14.8. The van der Waals surface area contributed by atoms with Gasteiger partial charge >= 0.3 is 0 Å². The Kier molecular flexibility index (Phi) is 7.31. The molecular weight excluding hydrogens is 480 g/mol. The van der Waals surface area contributed by atoms with Crippen LogP contribution in [-0.4, -0.2) is 8.42 Å². The monoisotopic (exact) mass is 510 g/mol. The van der Waals surface area contributed by atoms with E-state index in [9.17, 15) is 8.42 Å². The molecule has 0 saturated carbocycles. The van der Waals surface area contributed by atoms with Gasteiger partial charge in [-0.1, -0.05) is 109 Å². The average molecular weight is 511 g/mol. The van der Waals surface area contributed by atoms with Crippen LogP contribution in [-0.2, 0) is 19.6 Å². The van der Waals surface area contributed by atoms with Gasteiger partial charge in [0.1, 0.15) is 0 Å². The van der Waals surface area contributed by atoms with Gasteiger partial charge in [0.15, 0.2) is 9.74 Å². The molecule has 4 rings (SSSR count). The summed E-state index contributed by atoms with van der Waals surface area (Å²) >= 11 is 0. The molecule has 0 aliphatic heterocycles. The summed E-state index contributed by atoms with van der Waals surface area (Å²) in [6.45, 7) is 0. The van der Waals surface area contributed by atoms with Crippen molar-refractivity contribution in [1.82, 2.24) is 0 Å². The number of sulfone groups is 1. The van der Waals surface area contributed by atoms with Gasteiger partial charge in [-0.2, -0.15) is 0 Å². The lowest BCUT2D eigenvalue weighted by atomic mass is 10.0. The maximum absolute atomic E-state index is 14.8. The maximum Gasteiger partial charge on any atom is 0.203 e. The standard InChI is InChI=1S/C30H30N4O2S/c31-27-17-9-7-15-25(27)29(33,21-19-23-11-3-1-4-12-23)37(35,36)30(34,26-16-8-10-18-28(26)32)22-20-24-13-5-2-6-14-24/h1-22H,31-34H2. The van der Waals surface area contributed by atoms with Gasteiger partial charge in [-0.3, -0.25) is 0 Å². The van der Waals surface area contributed by atoms with Gasteiger partial charge in [-0.15, -0.1) is 0 Å². The summed E-state index contributed by atoms with van der Waals surface area (Å²) in [6, 6.07) is 31.7. The summed E-state index contributed by atoms with van der Waals surface area (Å²) in [6.07, 6.45) is 6.17. The Bertz CT molecular complexity index is 1430. The van der Waals surface area contributed by atoms with E-state index in [0.717, 1.165) is 11.1 Å². The van der Waals surface area contributed by atoms with Gasteiger partial charge in [0.2, 0.25) is 9.84 Å². The van der Waals surface area contributed by atoms with Crippen LogP contribution >= 0.6 is 0 Å². The largest absolute Gasteiger partial charge is 0.398 e. The first-order valence-electron chi connectivity index (χ1n) is 11.7. The number of nitrogens with two attached hydrogens (primary N) is 4. The number of nitrogen functional groups attached to an aromatic ring is 2. The summed E-state index contributed by atoms with van der Waals surface area (Å²) < 4.78 is 29.5. The molecule has 4 aromatic rings. The van der Waals surface area contributed by atoms with E-state index in [-0.39, 0.29) is 22.5 Å². The molecule has 0 fully saturated rings. The number of anilines is 2. The molecule has 7 heteroatoms. The van der Waals surface area contributed by atoms with Crippen LogP contribution in [0.4, 0.5) is 11.4 Å². The minimum atomic E-state index is -4.53. The highest BCUT2D eigenvalue weighted by Gasteiger charge is 2.53.